The van der Waals surface area contributed by atoms with Crippen molar-refractivity contribution in [2.45, 2.75) is 44.9 Å². The Morgan fingerprint density at radius 2 is 1.65 bits per heavy atom. The van der Waals surface area contributed by atoms with Gasteiger partial charge in [0, 0.05) is 31.2 Å². The molecule has 6 rings (SSSR count). The number of rotatable bonds is 15. The van der Waals surface area contributed by atoms with Crippen molar-refractivity contribution in [3.05, 3.63) is 141 Å². The minimum absolute atomic E-state index is 0.00972. The van der Waals surface area contributed by atoms with Gasteiger partial charge in [-0.15, -0.1) is 10.1 Å². The second-order valence-corrected chi connectivity index (χ2v) is 13.1. The molecule has 288 valence electrons. The number of aryl methyl sites for hydroxylation is 1. The third kappa shape index (κ3) is 9.71. The molecule has 0 saturated heterocycles. The Kier molecular flexibility index (Phi) is 12.2. The third-order valence-corrected chi connectivity index (χ3v) is 9.32. The summed E-state index contributed by atoms with van der Waals surface area (Å²) in [6, 6.07) is 19.2. The number of carbonyl (C=O) groups excluding carboxylic acids is 2. The van der Waals surface area contributed by atoms with E-state index in [-0.39, 0.29) is 56.1 Å². The van der Waals surface area contributed by atoms with Crippen molar-refractivity contribution >= 4 is 17.6 Å². The molecule has 4 aromatic rings. The van der Waals surface area contributed by atoms with Crippen molar-refractivity contribution in [1.29, 1.82) is 0 Å². The lowest BCUT2D eigenvalue weighted by atomic mass is 9.87. The first-order chi connectivity index (χ1) is 26.5. The van der Waals surface area contributed by atoms with Gasteiger partial charge in [-0.1, -0.05) is 42.5 Å². The van der Waals surface area contributed by atoms with Gasteiger partial charge in [0.1, 0.15) is 23.9 Å². The summed E-state index contributed by atoms with van der Waals surface area (Å²) in [4.78, 5) is 46.1. The maximum Gasteiger partial charge on any atom is 0.415 e. The topological polar surface area (TPSA) is 121 Å². The van der Waals surface area contributed by atoms with Gasteiger partial charge in [-0.05, 0) is 90.4 Å². The van der Waals surface area contributed by atoms with Gasteiger partial charge < -0.3 is 28.8 Å². The number of ether oxygens (including phenoxy) is 3. The molecule has 0 N–H and O–H groups in total. The molecule has 0 aromatic heterocycles. The minimum Gasteiger partial charge on any atom is -0.497 e. The largest absolute Gasteiger partial charge is 0.497 e. The molecule has 1 aliphatic heterocycles. The van der Waals surface area contributed by atoms with E-state index in [2.05, 4.69) is 4.84 Å². The summed E-state index contributed by atoms with van der Waals surface area (Å²) in [5.74, 6) is -5.42. The molecular weight excluding hydrogens is 726 g/mol. The van der Waals surface area contributed by atoms with E-state index in [4.69, 9.17) is 14.2 Å². The Balaban J connectivity index is 1.20. The summed E-state index contributed by atoms with van der Waals surface area (Å²) in [7, 11) is 1.47. The highest BCUT2D eigenvalue weighted by atomic mass is 19.2. The van der Waals surface area contributed by atoms with E-state index in [0.29, 0.717) is 35.8 Å². The van der Waals surface area contributed by atoms with Crippen LogP contribution in [0.5, 0.6) is 17.2 Å². The van der Waals surface area contributed by atoms with E-state index in [9.17, 15) is 32.9 Å². The van der Waals surface area contributed by atoms with E-state index >= 15 is 4.39 Å². The van der Waals surface area contributed by atoms with E-state index in [1.165, 1.54) is 36.3 Å². The lowest BCUT2D eigenvalue weighted by Crippen LogP contribution is -2.47. The average molecular weight is 764 g/mol. The quantitative estimate of drug-likeness (QED) is 0.0398. The smallest absolute Gasteiger partial charge is 0.415 e. The SMILES string of the molecule is COc1ccc(F)c(CN(C(=O)C2CN(C(=O)Oc3cccc(CO[N+](=O)[O-])c3)CC=C2c2ccc(CCCOc3c(F)ccc(F)c3F)cc2)C2CC2)c1. The summed E-state index contributed by atoms with van der Waals surface area (Å²) in [5.41, 5.74) is 2.95. The van der Waals surface area contributed by atoms with Crippen LogP contribution in [0.15, 0.2) is 84.9 Å². The first-order valence-corrected chi connectivity index (χ1v) is 17.5. The highest BCUT2D eigenvalue weighted by Gasteiger charge is 2.40. The van der Waals surface area contributed by atoms with Gasteiger partial charge in [0.2, 0.25) is 11.7 Å². The van der Waals surface area contributed by atoms with Crippen LogP contribution in [0.25, 0.3) is 5.57 Å². The number of halogens is 4. The number of hydrogen-bond acceptors (Lipinski definition) is 8. The van der Waals surface area contributed by atoms with Crippen LogP contribution in [0.1, 0.15) is 41.5 Å². The zero-order valence-corrected chi connectivity index (χ0v) is 29.7. The third-order valence-electron chi connectivity index (χ3n) is 9.32. The van der Waals surface area contributed by atoms with E-state index in [0.717, 1.165) is 30.0 Å². The van der Waals surface area contributed by atoms with Gasteiger partial charge in [-0.25, -0.2) is 18.0 Å². The Hall–Kier alpha value is -6.12. The van der Waals surface area contributed by atoms with Crippen molar-refractivity contribution in [1.82, 2.24) is 9.80 Å². The highest BCUT2D eigenvalue weighted by Crippen LogP contribution is 2.36. The lowest BCUT2D eigenvalue weighted by Gasteiger charge is -2.35. The number of nitrogens with zero attached hydrogens (tertiary/aromatic N) is 3. The van der Waals surface area contributed by atoms with Crippen LogP contribution in [0.3, 0.4) is 0 Å². The fraction of sp³-hybridized carbons (Fsp3) is 0.300. The molecule has 1 unspecified atom stereocenters. The second kappa shape index (κ2) is 17.3. The zero-order valence-electron chi connectivity index (χ0n) is 29.7. The standard InChI is InChI=1S/C40H37F4N3O8/c1-52-30-13-14-34(41)28(21-30)22-46(29-11-12-29)39(48)33-23-45(40(49)55-31-6-2-4-26(20-31)24-54-47(50)51)18-17-32(33)27-9-7-25(8-10-27)5-3-19-53-38-36(43)16-15-35(42)37(38)44/h2,4,6-10,13-17,20-21,29,33H,3,5,11-12,18-19,22-24H2,1H3. The molecule has 1 saturated carbocycles. The van der Waals surface area contributed by atoms with E-state index in [1.54, 1.807) is 29.2 Å². The van der Waals surface area contributed by atoms with Gasteiger partial charge in [-0.2, -0.15) is 4.39 Å². The fourth-order valence-electron chi connectivity index (χ4n) is 6.33. The molecule has 55 heavy (non-hydrogen) atoms. The fourth-order valence-corrected chi connectivity index (χ4v) is 6.33. The Morgan fingerprint density at radius 1 is 0.909 bits per heavy atom. The molecule has 0 radical (unpaired) electrons. The minimum atomic E-state index is -1.38. The van der Waals surface area contributed by atoms with E-state index in [1.807, 2.05) is 24.3 Å². The van der Waals surface area contributed by atoms with Crippen molar-refractivity contribution in [2.24, 2.45) is 5.92 Å². The molecule has 1 fully saturated rings. The molecule has 1 heterocycles. The predicted octanol–water partition coefficient (Wildman–Crippen LogP) is 7.68. The molecule has 1 atom stereocenters. The number of carbonyl (C=O) groups is 2. The Labute approximate surface area is 313 Å². The average Bonchev–Trinajstić information content (AvgIpc) is 4.03. The van der Waals surface area contributed by atoms with Gasteiger partial charge in [-0.3, -0.25) is 4.79 Å². The van der Waals surface area contributed by atoms with Crippen LogP contribution in [0, 0.1) is 39.3 Å². The molecule has 1 aliphatic carbocycles. The molecular formula is C40H37F4N3O8. The van der Waals surface area contributed by atoms with Crippen molar-refractivity contribution in [3.63, 3.8) is 0 Å². The van der Waals surface area contributed by atoms with Crippen LogP contribution in [-0.4, -0.2) is 59.7 Å². The molecule has 11 nitrogen and oxygen atoms in total. The Bertz CT molecular complexity index is 2080. The molecule has 15 heteroatoms. The van der Waals surface area contributed by atoms with Crippen LogP contribution in [0.4, 0.5) is 22.4 Å². The van der Waals surface area contributed by atoms with Crippen LogP contribution >= 0.6 is 0 Å². The lowest BCUT2D eigenvalue weighted by molar-refractivity contribution is -0.763. The summed E-state index contributed by atoms with van der Waals surface area (Å²) < 4.78 is 72.5. The van der Waals surface area contributed by atoms with Crippen molar-refractivity contribution in [3.8, 4) is 17.2 Å². The first-order valence-electron chi connectivity index (χ1n) is 17.5. The van der Waals surface area contributed by atoms with Crippen molar-refractivity contribution < 1.29 is 51.3 Å². The van der Waals surface area contributed by atoms with Gasteiger partial charge >= 0.3 is 6.09 Å². The van der Waals surface area contributed by atoms with Crippen LogP contribution in [-0.2, 0) is 29.2 Å². The summed E-state index contributed by atoms with van der Waals surface area (Å²) >= 11 is 0. The summed E-state index contributed by atoms with van der Waals surface area (Å²) in [6.07, 6.45) is 3.36. The van der Waals surface area contributed by atoms with Crippen molar-refractivity contribution in [2.75, 3.05) is 26.8 Å². The Morgan fingerprint density at radius 3 is 2.38 bits per heavy atom. The molecule has 4 aromatic carbocycles. The number of benzene rings is 4. The van der Waals surface area contributed by atoms with Crippen LogP contribution < -0.4 is 14.2 Å². The molecule has 2 amide bonds. The summed E-state index contributed by atoms with van der Waals surface area (Å²) in [5, 5.41) is 9.71. The molecule has 0 spiro atoms. The highest BCUT2D eigenvalue weighted by molar-refractivity contribution is 5.94. The van der Waals surface area contributed by atoms with Gasteiger partial charge in [0.05, 0.1) is 19.6 Å². The normalized spacial score (nSPS) is 15.2. The van der Waals surface area contributed by atoms with E-state index < -0.39 is 46.1 Å². The van der Waals surface area contributed by atoms with Gasteiger partial charge in [0.15, 0.2) is 17.4 Å². The zero-order chi connectivity index (χ0) is 39.1. The number of methoxy groups -OCH3 is 1. The predicted molar refractivity (Wildman–Crippen MR) is 190 cm³/mol. The van der Waals surface area contributed by atoms with Gasteiger partial charge in [0.25, 0.3) is 5.09 Å². The number of hydrogen-bond donors (Lipinski definition) is 0. The molecule has 0 bridgehead atoms. The number of amides is 2. The first kappa shape index (κ1) is 38.6. The monoisotopic (exact) mass is 763 g/mol. The molecule has 2 aliphatic rings. The summed E-state index contributed by atoms with van der Waals surface area (Å²) in [6.45, 7) is -0.359. The maximum atomic E-state index is 15.0. The second-order valence-electron chi connectivity index (χ2n) is 13.1. The maximum absolute atomic E-state index is 15.0. The van der Waals surface area contributed by atoms with Crippen LogP contribution in [0.2, 0.25) is 0 Å².